The van der Waals surface area contributed by atoms with Crippen LogP contribution >= 0.6 is 0 Å². The van der Waals surface area contributed by atoms with Crippen LogP contribution in [0.1, 0.15) is 51.4 Å². The third kappa shape index (κ3) is 4.84. The molecule has 0 spiro atoms. The van der Waals surface area contributed by atoms with Gasteiger partial charge in [-0.2, -0.15) is 0 Å². The van der Waals surface area contributed by atoms with Crippen LogP contribution in [0.2, 0.25) is 0 Å². The molecule has 8 nitrogen and oxygen atoms in total. The molecule has 30 heavy (non-hydrogen) atoms. The van der Waals surface area contributed by atoms with Crippen molar-refractivity contribution in [1.29, 1.82) is 0 Å². The largest absolute Gasteiger partial charge is 0.481 e. The Kier molecular flexibility index (Phi) is 7.15. The monoisotopic (exact) mass is 420 g/mol. The summed E-state index contributed by atoms with van der Waals surface area (Å²) in [5.41, 5.74) is 1.36. The summed E-state index contributed by atoms with van der Waals surface area (Å²) in [6, 6.07) is 0. The number of rotatable bonds is 9. The van der Waals surface area contributed by atoms with Crippen molar-refractivity contribution in [2.45, 2.75) is 51.4 Å². The Morgan fingerprint density at radius 1 is 0.967 bits per heavy atom. The van der Waals surface area contributed by atoms with E-state index < -0.39 is 47.4 Å². The molecule has 2 amide bonds. The highest BCUT2D eigenvalue weighted by Crippen LogP contribution is 2.40. The molecule has 0 saturated heterocycles. The minimum absolute atomic E-state index is 0.148. The minimum Gasteiger partial charge on any atom is -0.481 e. The molecule has 4 N–H and O–H groups in total. The zero-order chi connectivity index (χ0) is 21.8. The third-order valence-electron chi connectivity index (χ3n) is 7.32. The topological polar surface area (TPSA) is 133 Å². The minimum atomic E-state index is -1.18. The van der Waals surface area contributed by atoms with E-state index in [0.717, 1.165) is 18.8 Å². The van der Waals surface area contributed by atoms with Crippen molar-refractivity contribution in [3.8, 4) is 0 Å². The first-order valence-corrected chi connectivity index (χ1v) is 11.0. The first-order valence-electron chi connectivity index (χ1n) is 11.0. The van der Waals surface area contributed by atoms with Gasteiger partial charge in [0.05, 0.1) is 23.7 Å². The van der Waals surface area contributed by atoms with E-state index in [-0.39, 0.29) is 18.8 Å². The molecule has 0 heterocycles. The van der Waals surface area contributed by atoms with Gasteiger partial charge in [-0.3, -0.25) is 19.2 Å². The van der Waals surface area contributed by atoms with Crippen LogP contribution in [-0.4, -0.2) is 47.6 Å². The summed E-state index contributed by atoms with van der Waals surface area (Å²) in [4.78, 5) is 48.4. The van der Waals surface area contributed by atoms with Gasteiger partial charge in [-0.15, -0.1) is 0 Å². The van der Waals surface area contributed by atoms with Gasteiger partial charge in [0.2, 0.25) is 11.8 Å². The summed E-state index contributed by atoms with van der Waals surface area (Å²) in [5.74, 6) is -6.19. The maximum Gasteiger partial charge on any atom is 0.307 e. The summed E-state index contributed by atoms with van der Waals surface area (Å²) >= 11 is 0. The highest BCUT2D eigenvalue weighted by molar-refractivity contribution is 5.89. The molecule has 5 atom stereocenters. The quantitative estimate of drug-likeness (QED) is 0.421. The number of hydrogen-bond donors (Lipinski definition) is 4. The standard InChI is InChI=1S/C22H32N2O6/c1-23-19(25)15-9-18(22(29)30)16(10-17(15)21(27)28)20(26)24-11-14-8-7-13(14)6-5-12-3-2-4-12/h7,12,14-18H,2-6,8-11H2,1H3,(H,23,25)(H,24,26)(H,27,28)(H,29,30). The molecule has 3 aliphatic carbocycles. The first-order chi connectivity index (χ1) is 14.3. The number of aliphatic carboxylic acids is 2. The van der Waals surface area contributed by atoms with Gasteiger partial charge in [0.15, 0.2) is 0 Å². The molecule has 166 valence electrons. The Bertz CT molecular complexity index is 729. The van der Waals surface area contributed by atoms with Crippen molar-refractivity contribution in [3.05, 3.63) is 11.6 Å². The van der Waals surface area contributed by atoms with Crippen LogP contribution in [0.3, 0.4) is 0 Å². The second kappa shape index (κ2) is 9.62. The number of hydrogen-bond acceptors (Lipinski definition) is 4. The molecule has 2 saturated carbocycles. The lowest BCUT2D eigenvalue weighted by molar-refractivity contribution is -0.159. The van der Waals surface area contributed by atoms with Gasteiger partial charge in [-0.25, -0.2) is 0 Å². The van der Waals surface area contributed by atoms with Gasteiger partial charge < -0.3 is 20.8 Å². The summed E-state index contributed by atoms with van der Waals surface area (Å²) < 4.78 is 0. The number of carbonyl (C=O) groups is 4. The Hall–Kier alpha value is -2.38. The van der Waals surface area contributed by atoms with Crippen molar-refractivity contribution in [2.75, 3.05) is 13.6 Å². The van der Waals surface area contributed by atoms with E-state index in [4.69, 9.17) is 0 Å². The zero-order valence-corrected chi connectivity index (χ0v) is 17.4. The smallest absolute Gasteiger partial charge is 0.307 e. The van der Waals surface area contributed by atoms with E-state index >= 15 is 0 Å². The van der Waals surface area contributed by atoms with Gasteiger partial charge >= 0.3 is 11.9 Å². The van der Waals surface area contributed by atoms with Crippen molar-refractivity contribution in [2.24, 2.45) is 35.5 Å². The average Bonchev–Trinajstić information content (AvgIpc) is 2.66. The Morgan fingerprint density at radius 3 is 2.00 bits per heavy atom. The lowest BCUT2D eigenvalue weighted by atomic mass is 9.67. The zero-order valence-electron chi connectivity index (χ0n) is 17.4. The Balaban J connectivity index is 1.57. The van der Waals surface area contributed by atoms with Gasteiger partial charge in [0.25, 0.3) is 0 Å². The lowest BCUT2D eigenvalue weighted by Gasteiger charge is -2.37. The molecular weight excluding hydrogens is 388 g/mol. The summed E-state index contributed by atoms with van der Waals surface area (Å²) in [7, 11) is 1.39. The molecule has 0 radical (unpaired) electrons. The second-order valence-corrected chi connectivity index (χ2v) is 8.98. The molecule has 0 aromatic heterocycles. The van der Waals surface area contributed by atoms with Crippen LogP contribution in [0.5, 0.6) is 0 Å². The highest BCUT2D eigenvalue weighted by Gasteiger charge is 2.48. The van der Waals surface area contributed by atoms with Crippen molar-refractivity contribution in [1.82, 2.24) is 10.6 Å². The van der Waals surface area contributed by atoms with Gasteiger partial charge in [-0.05, 0) is 38.0 Å². The van der Waals surface area contributed by atoms with E-state index in [1.807, 2.05) is 0 Å². The number of carboxylic acids is 2. The third-order valence-corrected chi connectivity index (χ3v) is 7.32. The maximum absolute atomic E-state index is 12.8. The molecule has 0 aromatic rings. The molecule has 5 unspecified atom stereocenters. The van der Waals surface area contributed by atoms with Crippen LogP contribution < -0.4 is 10.6 Å². The molecule has 0 bridgehead atoms. The first kappa shape index (κ1) is 22.3. The average molecular weight is 421 g/mol. The number of carbonyl (C=O) groups excluding carboxylic acids is 2. The van der Waals surface area contributed by atoms with Gasteiger partial charge in [0, 0.05) is 19.5 Å². The SMILES string of the molecule is CNC(=O)C1CC(C(=O)O)C(C(=O)NCC2CC=C2CCC2CCC2)CC1C(=O)O. The lowest BCUT2D eigenvalue weighted by Crippen LogP contribution is -2.50. The van der Waals surface area contributed by atoms with Crippen LogP contribution in [0, 0.1) is 35.5 Å². The highest BCUT2D eigenvalue weighted by atomic mass is 16.4. The van der Waals surface area contributed by atoms with E-state index in [0.29, 0.717) is 6.54 Å². The van der Waals surface area contributed by atoms with Gasteiger partial charge in [-0.1, -0.05) is 30.9 Å². The van der Waals surface area contributed by atoms with Crippen molar-refractivity contribution >= 4 is 23.8 Å². The summed E-state index contributed by atoms with van der Waals surface area (Å²) in [6.45, 7) is 0.453. The van der Waals surface area contributed by atoms with Crippen molar-refractivity contribution in [3.63, 3.8) is 0 Å². The van der Waals surface area contributed by atoms with Crippen LogP contribution in [0.15, 0.2) is 11.6 Å². The van der Waals surface area contributed by atoms with Crippen LogP contribution in [0.25, 0.3) is 0 Å². The maximum atomic E-state index is 12.8. The fraction of sp³-hybridized carbons (Fsp3) is 0.727. The molecule has 2 fully saturated rings. The molecule has 0 aliphatic heterocycles. The predicted octanol–water partition coefficient (Wildman–Crippen LogP) is 1.80. The molecular formula is C22H32N2O6. The Labute approximate surface area is 176 Å². The number of allylic oxidation sites excluding steroid dienone is 1. The fourth-order valence-electron chi connectivity index (χ4n) is 4.99. The molecule has 3 aliphatic rings. The summed E-state index contributed by atoms with van der Waals surface area (Å²) in [6.07, 6.45) is 9.03. The van der Waals surface area contributed by atoms with Crippen LogP contribution in [0.4, 0.5) is 0 Å². The summed E-state index contributed by atoms with van der Waals surface area (Å²) in [5, 5.41) is 24.4. The fourth-order valence-corrected chi connectivity index (χ4v) is 4.99. The molecule has 8 heteroatoms. The normalized spacial score (nSPS) is 31.0. The van der Waals surface area contributed by atoms with E-state index in [1.54, 1.807) is 0 Å². The second-order valence-electron chi connectivity index (χ2n) is 8.98. The van der Waals surface area contributed by atoms with E-state index in [9.17, 15) is 29.4 Å². The predicted molar refractivity (Wildman–Crippen MR) is 108 cm³/mol. The Morgan fingerprint density at radius 2 is 1.57 bits per heavy atom. The van der Waals surface area contributed by atoms with E-state index in [1.165, 1.54) is 38.3 Å². The number of amides is 2. The van der Waals surface area contributed by atoms with Crippen LogP contribution in [-0.2, 0) is 19.2 Å². The molecule has 3 rings (SSSR count). The molecule has 0 aromatic carbocycles. The van der Waals surface area contributed by atoms with E-state index in [2.05, 4.69) is 16.7 Å². The number of carboxylic acid groups (broad SMARTS) is 2. The number of nitrogens with one attached hydrogen (secondary N) is 2. The van der Waals surface area contributed by atoms with Crippen molar-refractivity contribution < 1.29 is 29.4 Å². The van der Waals surface area contributed by atoms with Gasteiger partial charge in [0.1, 0.15) is 0 Å².